The van der Waals surface area contributed by atoms with Gasteiger partial charge in [-0.1, -0.05) is 97.1 Å². The number of hydrogen-bond donors (Lipinski definition) is 2. The molecule has 0 atom stereocenters. The monoisotopic (exact) mass is 1440 g/mol. The number of aromatic amines is 2. The zero-order valence-electron chi connectivity index (χ0n) is 50.9. The third kappa shape index (κ3) is 11.6. The van der Waals surface area contributed by atoms with Gasteiger partial charge in [0.1, 0.15) is 11.6 Å². The zero-order valence-corrected chi connectivity index (χ0v) is 55.2. The normalized spacial score (nSPS) is 11.1. The van der Waals surface area contributed by atoms with E-state index in [9.17, 15) is 0 Å². The van der Waals surface area contributed by atoms with Crippen molar-refractivity contribution < 1.29 is 39.0 Å². The molecule has 462 valence electrons. The van der Waals surface area contributed by atoms with E-state index in [0.717, 1.165) is 174 Å². The molecule has 0 spiro atoms. The maximum atomic E-state index is 5.03. The number of pyridine rings is 12. The van der Waals surface area contributed by atoms with Crippen LogP contribution in [-0.2, 0) is 39.0 Å². The van der Waals surface area contributed by atoms with Crippen LogP contribution in [0.2, 0.25) is 0 Å². The van der Waals surface area contributed by atoms with Crippen LogP contribution >= 0.6 is 11.3 Å². The van der Waals surface area contributed by atoms with Gasteiger partial charge in [0.15, 0.2) is 0 Å². The molecule has 0 aliphatic carbocycles. The van der Waals surface area contributed by atoms with Crippen LogP contribution in [0, 0.1) is 0 Å². The molecule has 0 radical (unpaired) electrons. The fourth-order valence-corrected chi connectivity index (χ4v) is 13.1. The maximum absolute atomic E-state index is 5.03. The summed E-state index contributed by atoms with van der Waals surface area (Å²) in [4.78, 5) is 72.5. The van der Waals surface area contributed by atoms with E-state index in [2.05, 4.69) is 203 Å². The standard InChI is InChI=1S/C30H16N8S.4C12H8N2.2Ru/c1-5-15-21(31-11-1)22-16(6-2-12-32-22)26-25(15)35-29(36-26)19-9-10-20(39-19)30-37-27-17-7-3-13-33-23(17)24-18(28(27)38-30)8-4-14-34-24;4*1-3-9-5-6-10-4-2-8-14-12(10)11(9)13-7-1;;/h1-14H,(H,35,36)(H,37,38);4*1-8H;;. The predicted octanol–water partition coefficient (Wildman–Crippen LogP) is 18.2. The fraction of sp³-hybridized carbons (Fsp3) is 0. The summed E-state index contributed by atoms with van der Waals surface area (Å²) in [7, 11) is 0. The first-order chi connectivity index (χ1) is 47.1. The van der Waals surface area contributed by atoms with Crippen LogP contribution in [-0.4, -0.2) is 79.7 Å². The van der Waals surface area contributed by atoms with Crippen molar-refractivity contribution in [1.82, 2.24) is 79.7 Å². The first-order valence-corrected chi connectivity index (χ1v) is 31.4. The Morgan fingerprint density at radius 2 is 0.392 bits per heavy atom. The number of hydrogen-bond acceptors (Lipinski definition) is 15. The molecule has 21 aromatic rings. The number of nitrogens with zero attached hydrogens (tertiary/aromatic N) is 14. The van der Waals surface area contributed by atoms with Crippen molar-refractivity contribution in [3.8, 4) is 21.4 Å². The molecule has 16 nitrogen and oxygen atoms in total. The van der Waals surface area contributed by atoms with Crippen molar-refractivity contribution in [2.75, 3.05) is 0 Å². The first-order valence-electron chi connectivity index (χ1n) is 30.6. The molecule has 19 heteroatoms. The van der Waals surface area contributed by atoms with Gasteiger partial charge in [-0.2, -0.15) is 0 Å². The molecule has 0 bridgehead atoms. The molecule has 6 aromatic carbocycles. The van der Waals surface area contributed by atoms with Crippen LogP contribution in [0.5, 0.6) is 0 Å². The number of imidazole rings is 2. The molecular weight excluding hydrogens is 1400 g/mol. The Morgan fingerprint density at radius 1 is 0.196 bits per heavy atom. The summed E-state index contributed by atoms with van der Waals surface area (Å²) < 4.78 is 0. The molecule has 0 saturated carbocycles. The average molecular weight is 1440 g/mol. The fourth-order valence-electron chi connectivity index (χ4n) is 12.2. The molecule has 21 rings (SSSR count). The van der Waals surface area contributed by atoms with Gasteiger partial charge in [-0.15, -0.1) is 11.3 Å². The van der Waals surface area contributed by atoms with E-state index in [4.69, 9.17) is 9.97 Å². The molecule has 0 aliphatic heterocycles. The van der Waals surface area contributed by atoms with E-state index in [1.807, 2.05) is 72.8 Å². The summed E-state index contributed by atoms with van der Waals surface area (Å²) in [6, 6.07) is 68.7. The summed E-state index contributed by atoms with van der Waals surface area (Å²) in [5.74, 6) is 1.62. The second kappa shape index (κ2) is 26.9. The molecule has 0 fully saturated rings. The molecular formula is C78H48N16Ru2S. The first kappa shape index (κ1) is 61.3. The van der Waals surface area contributed by atoms with Gasteiger partial charge in [0.25, 0.3) is 0 Å². The number of rotatable bonds is 2. The molecule has 0 amide bonds. The van der Waals surface area contributed by atoms with Crippen molar-refractivity contribution >= 4 is 164 Å². The third-order valence-electron chi connectivity index (χ3n) is 16.6. The van der Waals surface area contributed by atoms with E-state index in [0.29, 0.717) is 0 Å². The summed E-state index contributed by atoms with van der Waals surface area (Å²) in [5, 5.41) is 13.1. The SMILES string of the molecule is [Ru].[Ru].c1cnc2c(c1)c1nc(-c3ccc(-c4nc5c6cccnc6c6ncccc6c5[nH]4)s3)[nH]c1c1cccnc12.c1cnc2c(c1)ccc1cccnc12.c1cnc2c(c1)ccc1cccnc12.c1cnc2c(c1)ccc1cccnc12.c1cnc2c(c1)ccc1cccnc12. The van der Waals surface area contributed by atoms with Gasteiger partial charge >= 0.3 is 0 Å². The number of benzene rings is 6. The average Bonchev–Trinajstić information content (AvgIpc) is 1.63. The summed E-state index contributed by atoms with van der Waals surface area (Å²) in [6.45, 7) is 0. The Morgan fingerprint density at radius 3 is 0.629 bits per heavy atom. The van der Waals surface area contributed by atoms with Gasteiger partial charge in [-0.25, -0.2) is 9.97 Å². The molecule has 2 N–H and O–H groups in total. The molecule has 15 aromatic heterocycles. The van der Waals surface area contributed by atoms with Gasteiger partial charge in [0, 0.05) is 178 Å². The van der Waals surface area contributed by atoms with E-state index in [1.54, 1.807) is 85.7 Å². The zero-order chi connectivity index (χ0) is 63.0. The Labute approximate surface area is 580 Å². The Bertz CT molecular complexity index is 5530. The van der Waals surface area contributed by atoms with Gasteiger partial charge in [0.2, 0.25) is 0 Å². The van der Waals surface area contributed by atoms with E-state index < -0.39 is 0 Å². The molecule has 0 aliphatic rings. The number of nitrogens with one attached hydrogen (secondary N) is 2. The smallest absolute Gasteiger partial charge is 0.148 e. The van der Waals surface area contributed by atoms with Crippen LogP contribution in [0.25, 0.3) is 174 Å². The predicted molar refractivity (Wildman–Crippen MR) is 384 cm³/mol. The van der Waals surface area contributed by atoms with Crippen LogP contribution in [0.1, 0.15) is 0 Å². The minimum absolute atomic E-state index is 0. The van der Waals surface area contributed by atoms with Crippen LogP contribution in [0.15, 0.2) is 281 Å². The second-order valence-corrected chi connectivity index (χ2v) is 23.3. The largest absolute Gasteiger partial charge is 0.337 e. The van der Waals surface area contributed by atoms with Crippen LogP contribution in [0.4, 0.5) is 0 Å². The summed E-state index contributed by atoms with van der Waals surface area (Å²) >= 11 is 1.64. The third-order valence-corrected chi connectivity index (χ3v) is 17.7. The van der Waals surface area contributed by atoms with Crippen LogP contribution in [0.3, 0.4) is 0 Å². The van der Waals surface area contributed by atoms with Crippen molar-refractivity contribution in [1.29, 1.82) is 0 Å². The van der Waals surface area contributed by atoms with E-state index >= 15 is 0 Å². The van der Waals surface area contributed by atoms with Crippen molar-refractivity contribution in [2.45, 2.75) is 0 Å². The molecule has 0 unspecified atom stereocenters. The van der Waals surface area contributed by atoms with Crippen molar-refractivity contribution in [3.05, 3.63) is 281 Å². The van der Waals surface area contributed by atoms with Gasteiger partial charge in [0.05, 0.1) is 98.0 Å². The topological polar surface area (TPSA) is 212 Å². The Kier molecular flexibility index (Phi) is 17.0. The Hall–Kier alpha value is -11.9. The molecule has 0 saturated heterocycles. The van der Waals surface area contributed by atoms with Crippen molar-refractivity contribution in [3.63, 3.8) is 0 Å². The van der Waals surface area contributed by atoms with Gasteiger partial charge in [-0.05, 0) is 109 Å². The van der Waals surface area contributed by atoms with Crippen LogP contribution < -0.4 is 0 Å². The number of thiophene rings is 1. The second-order valence-electron chi connectivity index (χ2n) is 22.2. The minimum Gasteiger partial charge on any atom is -0.337 e. The number of H-pyrrole nitrogens is 2. The quantitative estimate of drug-likeness (QED) is 0.122. The summed E-state index contributed by atoms with van der Waals surface area (Å²) in [6.07, 6.45) is 21.6. The molecule has 97 heavy (non-hydrogen) atoms. The Balaban J connectivity index is 0.000000110. The minimum atomic E-state index is 0. The van der Waals surface area contributed by atoms with Gasteiger partial charge < -0.3 is 9.97 Å². The molecule has 15 heterocycles. The summed E-state index contributed by atoms with van der Waals surface area (Å²) in [5.41, 5.74) is 15.0. The maximum Gasteiger partial charge on any atom is 0.148 e. The van der Waals surface area contributed by atoms with E-state index in [1.165, 1.54) is 0 Å². The number of aromatic nitrogens is 16. The number of fused-ring (bicyclic) bond motifs is 24. The van der Waals surface area contributed by atoms with Crippen molar-refractivity contribution in [2.24, 2.45) is 0 Å². The van der Waals surface area contributed by atoms with E-state index in [-0.39, 0.29) is 39.0 Å². The van der Waals surface area contributed by atoms with Gasteiger partial charge in [-0.3, -0.25) is 59.8 Å².